The number of hydrogen-bond donors (Lipinski definition) is 5. The number of carbonyl (C=O) groups excluding carboxylic acids is 3. The molecule has 2 aliphatic rings. The van der Waals surface area contributed by atoms with Gasteiger partial charge in [-0.3, -0.25) is 14.9 Å². The normalized spacial score (nSPS) is 20.9. The van der Waals surface area contributed by atoms with Gasteiger partial charge in [-0.05, 0) is 49.8 Å². The van der Waals surface area contributed by atoms with Crippen LogP contribution in [0.1, 0.15) is 43.2 Å². The Morgan fingerprint density at radius 2 is 1.97 bits per heavy atom. The summed E-state index contributed by atoms with van der Waals surface area (Å²) in [5.74, 6) is -1.30. The number of urea groups is 1. The second kappa shape index (κ2) is 12.0. The summed E-state index contributed by atoms with van der Waals surface area (Å²) in [6, 6.07) is 11.5. The van der Waals surface area contributed by atoms with Gasteiger partial charge >= 0.3 is 12.1 Å². The quantitative estimate of drug-likeness (QED) is 0.315. The van der Waals surface area contributed by atoms with E-state index in [2.05, 4.69) is 16.0 Å². The number of hydrogen-bond acceptors (Lipinski definition) is 5. The summed E-state index contributed by atoms with van der Waals surface area (Å²) in [7, 11) is 0. The molecule has 3 atom stereocenters. The van der Waals surface area contributed by atoms with Crippen LogP contribution in [0, 0.1) is 12.8 Å². The molecular weight excluding hydrogens is 524 g/mol. The fourth-order valence-corrected chi connectivity index (χ4v) is 5.92. The number of carbonyl (C=O) groups is 4. The predicted molar refractivity (Wildman–Crippen MR) is 145 cm³/mol. The van der Waals surface area contributed by atoms with E-state index in [-0.39, 0.29) is 31.8 Å². The molecule has 2 aromatic carbocycles. The molecular formula is C28H33ClN4O6. The van der Waals surface area contributed by atoms with E-state index in [0.29, 0.717) is 42.0 Å². The van der Waals surface area contributed by atoms with Gasteiger partial charge < -0.3 is 25.7 Å². The Morgan fingerprint density at radius 3 is 2.69 bits per heavy atom. The summed E-state index contributed by atoms with van der Waals surface area (Å²) in [5.41, 5.74) is 1.73. The topological polar surface area (TPSA) is 148 Å². The summed E-state index contributed by atoms with van der Waals surface area (Å²) in [6.45, 7) is 2.75. The van der Waals surface area contributed by atoms with Gasteiger partial charge in [0, 0.05) is 36.1 Å². The molecule has 0 aliphatic carbocycles. The Kier molecular flexibility index (Phi) is 8.76. The van der Waals surface area contributed by atoms with Crippen LogP contribution in [0.15, 0.2) is 42.5 Å². The van der Waals surface area contributed by atoms with E-state index in [1.807, 2.05) is 37.3 Å². The number of amides is 5. The molecule has 5 amide bonds. The van der Waals surface area contributed by atoms with Gasteiger partial charge in [0.2, 0.25) is 11.8 Å². The van der Waals surface area contributed by atoms with Crippen LogP contribution in [-0.4, -0.2) is 64.7 Å². The molecule has 3 unspecified atom stereocenters. The Bertz CT molecular complexity index is 1250. The first-order chi connectivity index (χ1) is 18.6. The molecule has 0 spiro atoms. The maximum Gasteiger partial charge on any atom is 0.404 e. The summed E-state index contributed by atoms with van der Waals surface area (Å²) in [5, 5.41) is 29.0. The lowest BCUT2D eigenvalue weighted by Gasteiger charge is -2.44. The first-order valence-electron chi connectivity index (χ1n) is 13.0. The summed E-state index contributed by atoms with van der Waals surface area (Å²) in [4.78, 5) is 49.6. The maximum atomic E-state index is 13.3. The number of halogens is 1. The van der Waals surface area contributed by atoms with Crippen molar-refractivity contribution < 1.29 is 29.4 Å². The highest BCUT2D eigenvalue weighted by molar-refractivity contribution is 6.33. The van der Waals surface area contributed by atoms with E-state index < -0.39 is 35.6 Å². The molecule has 39 heavy (non-hydrogen) atoms. The van der Waals surface area contributed by atoms with Gasteiger partial charge in [0.25, 0.3) is 0 Å². The molecule has 2 aromatic rings. The van der Waals surface area contributed by atoms with Crippen molar-refractivity contribution in [3.05, 3.63) is 58.6 Å². The third kappa shape index (κ3) is 6.51. The van der Waals surface area contributed by atoms with Crippen molar-refractivity contribution in [2.24, 2.45) is 5.92 Å². The maximum absolute atomic E-state index is 13.3. The van der Waals surface area contributed by atoms with Crippen LogP contribution in [-0.2, 0) is 15.2 Å². The smallest absolute Gasteiger partial charge is 0.404 e. The minimum atomic E-state index is -1.45. The zero-order valence-corrected chi connectivity index (χ0v) is 22.5. The number of likely N-dealkylation sites (tertiary alicyclic amines) is 1. The SMILES string of the molecule is Cc1cccc(-c2c(Cl)cccc2C(O)(CCCNC(=O)O)C2CCCN(C(=O)C3CC(=O)NC(=O)N3)C2)c1. The van der Waals surface area contributed by atoms with Crippen LogP contribution in [0.3, 0.4) is 0 Å². The predicted octanol–water partition coefficient (Wildman–Crippen LogP) is 3.39. The number of aliphatic hydroxyl groups is 1. The van der Waals surface area contributed by atoms with Crippen LogP contribution < -0.4 is 16.0 Å². The molecule has 2 heterocycles. The third-order valence-electron chi connectivity index (χ3n) is 7.45. The van der Waals surface area contributed by atoms with Gasteiger partial charge in [0.15, 0.2) is 0 Å². The summed E-state index contributed by atoms with van der Waals surface area (Å²) in [6.07, 6.45) is 0.508. The number of nitrogens with zero attached hydrogens (tertiary/aromatic N) is 1. The van der Waals surface area contributed by atoms with E-state index in [1.165, 1.54) is 0 Å². The lowest BCUT2D eigenvalue weighted by atomic mass is 9.72. The van der Waals surface area contributed by atoms with Gasteiger partial charge in [-0.1, -0.05) is 53.6 Å². The van der Waals surface area contributed by atoms with E-state index in [4.69, 9.17) is 16.7 Å². The van der Waals surface area contributed by atoms with E-state index in [0.717, 1.165) is 11.1 Å². The van der Waals surface area contributed by atoms with Gasteiger partial charge in [-0.25, -0.2) is 9.59 Å². The molecule has 10 nitrogen and oxygen atoms in total. The molecule has 0 bridgehead atoms. The van der Waals surface area contributed by atoms with Crippen molar-refractivity contribution in [1.82, 2.24) is 20.9 Å². The van der Waals surface area contributed by atoms with Crippen LogP contribution in [0.5, 0.6) is 0 Å². The number of piperidine rings is 1. The van der Waals surface area contributed by atoms with Crippen LogP contribution >= 0.6 is 11.6 Å². The number of benzene rings is 2. The molecule has 0 saturated carbocycles. The molecule has 0 aromatic heterocycles. The number of carboxylic acid groups (broad SMARTS) is 1. The number of rotatable bonds is 8. The highest BCUT2D eigenvalue weighted by atomic mass is 35.5. The van der Waals surface area contributed by atoms with Crippen molar-refractivity contribution in [2.45, 2.75) is 50.7 Å². The summed E-state index contributed by atoms with van der Waals surface area (Å²) >= 11 is 6.73. The monoisotopic (exact) mass is 556 g/mol. The molecule has 11 heteroatoms. The van der Waals surface area contributed by atoms with Crippen LogP contribution in [0.4, 0.5) is 9.59 Å². The molecule has 2 saturated heterocycles. The number of imide groups is 1. The zero-order chi connectivity index (χ0) is 28.2. The Hall–Kier alpha value is -3.63. The lowest BCUT2D eigenvalue weighted by molar-refractivity contribution is -0.141. The fraction of sp³-hybridized carbons (Fsp3) is 0.429. The average molecular weight is 557 g/mol. The van der Waals surface area contributed by atoms with Gasteiger partial charge in [0.05, 0.1) is 12.0 Å². The Balaban J connectivity index is 1.69. The molecule has 5 N–H and O–H groups in total. The van der Waals surface area contributed by atoms with Crippen molar-refractivity contribution in [1.29, 1.82) is 0 Å². The number of nitrogens with one attached hydrogen (secondary N) is 3. The van der Waals surface area contributed by atoms with E-state index in [9.17, 15) is 24.3 Å². The molecule has 2 fully saturated rings. The second-order valence-corrected chi connectivity index (χ2v) is 10.6. The zero-order valence-electron chi connectivity index (χ0n) is 21.7. The van der Waals surface area contributed by atoms with Crippen LogP contribution in [0.25, 0.3) is 11.1 Å². The van der Waals surface area contributed by atoms with Crippen molar-refractivity contribution in [3.63, 3.8) is 0 Å². The highest BCUT2D eigenvalue weighted by Gasteiger charge is 2.44. The molecule has 4 rings (SSSR count). The first kappa shape index (κ1) is 28.4. The van der Waals surface area contributed by atoms with Gasteiger partial charge in [-0.2, -0.15) is 0 Å². The third-order valence-corrected chi connectivity index (χ3v) is 7.77. The van der Waals surface area contributed by atoms with Crippen LogP contribution in [0.2, 0.25) is 5.02 Å². The minimum Gasteiger partial charge on any atom is -0.465 e. The van der Waals surface area contributed by atoms with Gasteiger partial charge in [0.1, 0.15) is 6.04 Å². The average Bonchev–Trinajstić information content (AvgIpc) is 2.90. The number of aryl methyl sites for hydroxylation is 1. The standard InChI is InChI=1S/C28H33ClN4O6/c1-17-6-2-7-18(14-17)24-20(9-3-10-21(24)29)28(39,11-5-12-30-27(37)38)19-8-4-13-33(16-19)25(35)22-15-23(34)32-26(36)31-22/h2-3,6-7,9-10,14,19,22,30,39H,4-5,8,11-13,15-16H2,1H3,(H,37,38)(H2,31,32,34,36). The van der Waals surface area contributed by atoms with E-state index in [1.54, 1.807) is 17.0 Å². The van der Waals surface area contributed by atoms with Gasteiger partial charge in [-0.15, -0.1) is 0 Å². The second-order valence-electron chi connectivity index (χ2n) is 10.2. The summed E-state index contributed by atoms with van der Waals surface area (Å²) < 4.78 is 0. The molecule has 208 valence electrons. The Morgan fingerprint density at radius 1 is 1.21 bits per heavy atom. The first-order valence-corrected chi connectivity index (χ1v) is 13.4. The lowest BCUT2D eigenvalue weighted by Crippen LogP contribution is -2.60. The van der Waals surface area contributed by atoms with Crippen molar-refractivity contribution in [3.8, 4) is 11.1 Å². The minimum absolute atomic E-state index is 0.149. The van der Waals surface area contributed by atoms with Crippen molar-refractivity contribution >= 4 is 35.5 Å². The van der Waals surface area contributed by atoms with E-state index >= 15 is 0 Å². The van der Waals surface area contributed by atoms with Crippen molar-refractivity contribution in [2.75, 3.05) is 19.6 Å². The Labute approximate surface area is 231 Å². The fourth-order valence-electron chi connectivity index (χ4n) is 5.64. The molecule has 0 radical (unpaired) electrons. The molecule has 2 aliphatic heterocycles. The highest BCUT2D eigenvalue weighted by Crippen LogP contribution is 2.45. The largest absolute Gasteiger partial charge is 0.465 e.